The van der Waals surface area contributed by atoms with Gasteiger partial charge in [-0.25, -0.2) is 4.39 Å². The predicted molar refractivity (Wildman–Crippen MR) is 112 cm³/mol. The van der Waals surface area contributed by atoms with Crippen LogP contribution in [0, 0.1) is 17.7 Å². The second-order valence-electron chi connectivity index (χ2n) is 8.30. The zero-order chi connectivity index (χ0) is 19.1. The Balaban J connectivity index is 1.57. The highest BCUT2D eigenvalue weighted by atomic mass is 19.1. The summed E-state index contributed by atoms with van der Waals surface area (Å²) in [5, 5.41) is 0. The number of unbranched alkanes of at least 4 members (excludes halogenated alkanes) is 1. The molecule has 146 valence electrons. The van der Waals surface area contributed by atoms with Gasteiger partial charge in [-0.3, -0.25) is 4.98 Å². The van der Waals surface area contributed by atoms with Crippen molar-refractivity contribution in [2.75, 3.05) is 0 Å². The Hall–Kier alpha value is -1.70. The van der Waals surface area contributed by atoms with Crippen molar-refractivity contribution in [3.05, 3.63) is 53.5 Å². The molecule has 1 heterocycles. The molecule has 1 saturated carbocycles. The van der Waals surface area contributed by atoms with E-state index in [0.717, 1.165) is 35.9 Å². The van der Waals surface area contributed by atoms with Crippen LogP contribution in [-0.4, -0.2) is 4.98 Å². The van der Waals surface area contributed by atoms with Crippen LogP contribution >= 0.6 is 0 Å². The molecule has 0 aliphatic heterocycles. The molecular formula is C25H34FN. The smallest absolute Gasteiger partial charge is 0.132 e. The second-order valence-corrected chi connectivity index (χ2v) is 8.30. The Bertz CT molecular complexity index is 699. The molecule has 0 amide bonds. The molecule has 1 nitrogen and oxygen atoms in total. The quantitative estimate of drug-likeness (QED) is 0.474. The number of halogens is 1. The molecule has 1 aromatic heterocycles. The van der Waals surface area contributed by atoms with E-state index in [4.69, 9.17) is 0 Å². The highest BCUT2D eigenvalue weighted by molar-refractivity contribution is 5.60. The van der Waals surface area contributed by atoms with Gasteiger partial charge >= 0.3 is 0 Å². The fraction of sp³-hybridized carbons (Fsp3) is 0.560. The monoisotopic (exact) mass is 367 g/mol. The second kappa shape index (κ2) is 10.0. The lowest BCUT2D eigenvalue weighted by Gasteiger charge is -2.27. The van der Waals surface area contributed by atoms with E-state index in [1.165, 1.54) is 56.9 Å². The fourth-order valence-electron chi connectivity index (χ4n) is 4.33. The third-order valence-electron chi connectivity index (χ3n) is 6.34. The van der Waals surface area contributed by atoms with E-state index >= 15 is 0 Å². The van der Waals surface area contributed by atoms with E-state index < -0.39 is 0 Å². The van der Waals surface area contributed by atoms with Crippen molar-refractivity contribution in [3.8, 4) is 11.3 Å². The van der Waals surface area contributed by atoms with Crippen molar-refractivity contribution in [1.29, 1.82) is 0 Å². The summed E-state index contributed by atoms with van der Waals surface area (Å²) >= 11 is 0. The van der Waals surface area contributed by atoms with Crippen molar-refractivity contribution in [3.63, 3.8) is 0 Å². The van der Waals surface area contributed by atoms with Crippen LogP contribution in [0.25, 0.3) is 11.3 Å². The number of nitrogens with zero attached hydrogens (tertiary/aromatic N) is 1. The Labute approximate surface area is 164 Å². The molecule has 1 aliphatic carbocycles. The van der Waals surface area contributed by atoms with Gasteiger partial charge in [-0.05, 0) is 66.8 Å². The van der Waals surface area contributed by atoms with Crippen LogP contribution in [0.5, 0.6) is 0 Å². The third kappa shape index (κ3) is 5.64. The van der Waals surface area contributed by atoms with Crippen molar-refractivity contribution >= 4 is 0 Å². The summed E-state index contributed by atoms with van der Waals surface area (Å²) in [6.07, 6.45) is 14.3. The van der Waals surface area contributed by atoms with E-state index in [-0.39, 0.29) is 5.82 Å². The Morgan fingerprint density at radius 3 is 2.30 bits per heavy atom. The van der Waals surface area contributed by atoms with E-state index in [1.54, 1.807) is 6.07 Å². The average Bonchev–Trinajstić information content (AvgIpc) is 2.71. The van der Waals surface area contributed by atoms with Crippen LogP contribution < -0.4 is 0 Å². The Morgan fingerprint density at radius 2 is 1.67 bits per heavy atom. The zero-order valence-corrected chi connectivity index (χ0v) is 17.0. The zero-order valence-electron chi connectivity index (χ0n) is 17.0. The number of rotatable bonds is 8. The third-order valence-corrected chi connectivity index (χ3v) is 6.34. The van der Waals surface area contributed by atoms with E-state index in [2.05, 4.69) is 31.0 Å². The molecule has 0 radical (unpaired) electrons. The molecule has 2 heteroatoms. The summed E-state index contributed by atoms with van der Waals surface area (Å²) < 4.78 is 14.7. The summed E-state index contributed by atoms with van der Waals surface area (Å²) in [7, 11) is 0. The number of pyridine rings is 1. The minimum absolute atomic E-state index is 0.143. The van der Waals surface area contributed by atoms with Crippen LogP contribution in [0.15, 0.2) is 36.5 Å². The lowest BCUT2D eigenvalue weighted by Crippen LogP contribution is -2.14. The van der Waals surface area contributed by atoms with Gasteiger partial charge < -0.3 is 0 Å². The van der Waals surface area contributed by atoms with E-state index in [1.807, 2.05) is 18.3 Å². The SMILES string of the molecule is CCCCc1ccc(-c2ccc(CC[C@H]3CC[C@H](CC)CC3)cc2F)nc1. The maximum Gasteiger partial charge on any atom is 0.132 e. The molecule has 0 bridgehead atoms. The number of benzene rings is 1. The average molecular weight is 368 g/mol. The maximum absolute atomic E-state index is 14.7. The lowest BCUT2D eigenvalue weighted by molar-refractivity contribution is 0.259. The van der Waals surface area contributed by atoms with Gasteiger partial charge in [-0.2, -0.15) is 0 Å². The first kappa shape index (κ1) is 20.0. The minimum atomic E-state index is -0.143. The summed E-state index contributed by atoms with van der Waals surface area (Å²) in [5.41, 5.74) is 3.70. The Kier molecular flexibility index (Phi) is 7.43. The van der Waals surface area contributed by atoms with Crippen LogP contribution in [0.3, 0.4) is 0 Å². The number of hydrogen-bond acceptors (Lipinski definition) is 1. The summed E-state index contributed by atoms with van der Waals surface area (Å²) in [4.78, 5) is 4.49. The molecule has 1 aliphatic rings. The molecule has 0 saturated heterocycles. The van der Waals surface area contributed by atoms with Gasteiger partial charge in [0.25, 0.3) is 0 Å². The topological polar surface area (TPSA) is 12.9 Å². The van der Waals surface area contributed by atoms with Gasteiger partial charge in [0.15, 0.2) is 0 Å². The number of hydrogen-bond donors (Lipinski definition) is 0. The Morgan fingerprint density at radius 1 is 0.926 bits per heavy atom. The van der Waals surface area contributed by atoms with E-state index in [0.29, 0.717) is 5.56 Å². The molecule has 1 fully saturated rings. The van der Waals surface area contributed by atoms with Gasteiger partial charge in [-0.15, -0.1) is 0 Å². The van der Waals surface area contributed by atoms with E-state index in [9.17, 15) is 4.39 Å². The van der Waals surface area contributed by atoms with Crippen LogP contribution in [0.2, 0.25) is 0 Å². The standard InChI is InChI=1S/C25H34FN/c1-3-5-6-22-14-16-25(27-18-22)23-15-13-21(17-24(23)26)12-11-20-9-7-19(4-2)8-10-20/h13-20H,3-12H2,1-2H3/t19-,20-. The highest BCUT2D eigenvalue weighted by Gasteiger charge is 2.19. The first-order valence-corrected chi connectivity index (χ1v) is 10.9. The highest BCUT2D eigenvalue weighted by Crippen LogP contribution is 2.33. The van der Waals surface area contributed by atoms with Gasteiger partial charge in [0, 0.05) is 11.8 Å². The molecule has 0 atom stereocenters. The van der Waals surface area contributed by atoms with Gasteiger partial charge in [-0.1, -0.05) is 64.5 Å². The van der Waals surface area contributed by atoms with Gasteiger partial charge in [0.1, 0.15) is 5.82 Å². The number of aromatic nitrogens is 1. The predicted octanol–water partition coefficient (Wildman–Crippen LogP) is 7.38. The van der Waals surface area contributed by atoms with Gasteiger partial charge in [0.2, 0.25) is 0 Å². The summed E-state index contributed by atoms with van der Waals surface area (Å²) in [6.45, 7) is 4.50. The molecule has 27 heavy (non-hydrogen) atoms. The normalized spacial score (nSPS) is 20.0. The van der Waals surface area contributed by atoms with Crippen LogP contribution in [0.4, 0.5) is 4.39 Å². The van der Waals surface area contributed by atoms with Crippen LogP contribution in [0.1, 0.15) is 76.3 Å². The lowest BCUT2D eigenvalue weighted by atomic mass is 9.78. The van der Waals surface area contributed by atoms with Crippen molar-refractivity contribution in [1.82, 2.24) is 4.98 Å². The van der Waals surface area contributed by atoms with Gasteiger partial charge in [0.05, 0.1) is 5.69 Å². The summed E-state index contributed by atoms with van der Waals surface area (Å²) in [6, 6.07) is 9.75. The van der Waals surface area contributed by atoms with Crippen molar-refractivity contribution < 1.29 is 4.39 Å². The largest absolute Gasteiger partial charge is 0.256 e. The number of aryl methyl sites for hydroxylation is 2. The molecule has 2 aromatic rings. The fourth-order valence-corrected chi connectivity index (χ4v) is 4.33. The van der Waals surface area contributed by atoms with Crippen molar-refractivity contribution in [2.45, 2.75) is 78.1 Å². The minimum Gasteiger partial charge on any atom is -0.256 e. The molecule has 1 aromatic carbocycles. The first-order chi connectivity index (χ1) is 13.2. The molecule has 0 N–H and O–H groups in total. The molecule has 0 spiro atoms. The maximum atomic E-state index is 14.7. The molecular weight excluding hydrogens is 333 g/mol. The summed E-state index contributed by atoms with van der Waals surface area (Å²) in [5.74, 6) is 1.63. The molecule has 3 rings (SSSR count). The van der Waals surface area contributed by atoms with Crippen LogP contribution in [-0.2, 0) is 12.8 Å². The van der Waals surface area contributed by atoms with Crippen molar-refractivity contribution in [2.24, 2.45) is 11.8 Å². The first-order valence-electron chi connectivity index (χ1n) is 10.9. The molecule has 0 unspecified atom stereocenters.